The predicted octanol–water partition coefficient (Wildman–Crippen LogP) is 5.84. The van der Waals surface area contributed by atoms with E-state index in [9.17, 15) is 4.79 Å². The minimum atomic E-state index is -0.153. The maximum atomic E-state index is 12.6. The van der Waals surface area contributed by atoms with E-state index in [-0.39, 0.29) is 5.91 Å². The average molecular weight is 492 g/mol. The Hall–Kier alpha value is -3.51. The standard InChI is InChI=1S/C28H30ClN3O3/c1-20-19-21(13-14-23(20)29)35-18-8-7-17-32-25-11-5-4-10-24(25)31-27(32)15-16-30-28(33)22-9-3-6-12-26(22)34-2/h3-6,9-14,19H,7-8,15-18H2,1-2H3,(H,30,33). The molecule has 1 amide bonds. The number of aromatic nitrogens is 2. The summed E-state index contributed by atoms with van der Waals surface area (Å²) in [7, 11) is 1.57. The summed E-state index contributed by atoms with van der Waals surface area (Å²) in [5.41, 5.74) is 3.61. The van der Waals surface area contributed by atoms with Gasteiger partial charge >= 0.3 is 0 Å². The van der Waals surface area contributed by atoms with Gasteiger partial charge in [-0.2, -0.15) is 0 Å². The van der Waals surface area contributed by atoms with E-state index in [4.69, 9.17) is 26.1 Å². The van der Waals surface area contributed by atoms with Crippen LogP contribution in [0.1, 0.15) is 34.6 Å². The summed E-state index contributed by atoms with van der Waals surface area (Å²) in [6, 6.07) is 21.1. The highest BCUT2D eigenvalue weighted by Crippen LogP contribution is 2.22. The lowest BCUT2D eigenvalue weighted by molar-refractivity contribution is 0.0951. The lowest BCUT2D eigenvalue weighted by atomic mass is 10.2. The second-order valence-corrected chi connectivity index (χ2v) is 8.75. The minimum Gasteiger partial charge on any atom is -0.496 e. The smallest absolute Gasteiger partial charge is 0.255 e. The van der Waals surface area contributed by atoms with E-state index >= 15 is 0 Å². The molecule has 0 aliphatic heterocycles. The third-order valence-corrected chi connectivity index (χ3v) is 6.32. The zero-order valence-electron chi connectivity index (χ0n) is 20.1. The highest BCUT2D eigenvalue weighted by atomic mass is 35.5. The second kappa shape index (κ2) is 11.8. The van der Waals surface area contributed by atoms with Gasteiger partial charge in [0, 0.05) is 24.5 Å². The van der Waals surface area contributed by atoms with Crippen molar-refractivity contribution in [2.75, 3.05) is 20.3 Å². The largest absolute Gasteiger partial charge is 0.496 e. The van der Waals surface area contributed by atoms with E-state index in [0.29, 0.717) is 30.9 Å². The summed E-state index contributed by atoms with van der Waals surface area (Å²) < 4.78 is 13.4. The van der Waals surface area contributed by atoms with Crippen LogP contribution in [0, 0.1) is 6.92 Å². The fourth-order valence-corrected chi connectivity index (χ4v) is 4.17. The maximum Gasteiger partial charge on any atom is 0.255 e. The Morgan fingerprint density at radius 2 is 1.86 bits per heavy atom. The van der Waals surface area contributed by atoms with Crippen molar-refractivity contribution in [2.24, 2.45) is 0 Å². The number of amides is 1. The number of hydrogen-bond donors (Lipinski definition) is 1. The zero-order valence-corrected chi connectivity index (χ0v) is 20.8. The topological polar surface area (TPSA) is 65.4 Å². The van der Waals surface area contributed by atoms with Crippen LogP contribution < -0.4 is 14.8 Å². The highest BCUT2D eigenvalue weighted by molar-refractivity contribution is 6.31. The Bertz CT molecular complexity index is 1300. The first-order chi connectivity index (χ1) is 17.1. The van der Waals surface area contributed by atoms with Gasteiger partial charge in [-0.15, -0.1) is 0 Å². The number of carbonyl (C=O) groups excluding carboxylic acids is 1. The van der Waals surface area contributed by atoms with Crippen molar-refractivity contribution in [3.63, 3.8) is 0 Å². The Morgan fingerprint density at radius 3 is 2.69 bits per heavy atom. The first-order valence-electron chi connectivity index (χ1n) is 11.8. The van der Waals surface area contributed by atoms with Crippen LogP contribution in [0.15, 0.2) is 66.7 Å². The molecule has 0 aliphatic carbocycles. The maximum absolute atomic E-state index is 12.6. The molecule has 1 aromatic heterocycles. The highest BCUT2D eigenvalue weighted by Gasteiger charge is 2.13. The number of nitrogens with zero attached hydrogens (tertiary/aromatic N) is 2. The summed E-state index contributed by atoms with van der Waals surface area (Å²) in [6.07, 6.45) is 2.50. The molecule has 7 heteroatoms. The molecule has 0 fully saturated rings. The van der Waals surface area contributed by atoms with Gasteiger partial charge in [-0.25, -0.2) is 4.98 Å². The molecule has 182 valence electrons. The molecule has 0 bridgehead atoms. The summed E-state index contributed by atoms with van der Waals surface area (Å²) in [5, 5.41) is 3.74. The number of benzene rings is 3. The van der Waals surface area contributed by atoms with Gasteiger partial charge in [0.2, 0.25) is 0 Å². The van der Waals surface area contributed by atoms with E-state index in [1.165, 1.54) is 0 Å². The van der Waals surface area contributed by atoms with Crippen molar-refractivity contribution in [3.8, 4) is 11.5 Å². The zero-order chi connectivity index (χ0) is 24.6. The molecule has 1 N–H and O–H groups in total. The predicted molar refractivity (Wildman–Crippen MR) is 140 cm³/mol. The number of hydrogen-bond acceptors (Lipinski definition) is 4. The normalized spacial score (nSPS) is 10.9. The van der Waals surface area contributed by atoms with Crippen LogP contribution in [0.4, 0.5) is 0 Å². The van der Waals surface area contributed by atoms with Crippen LogP contribution in [0.2, 0.25) is 5.02 Å². The number of nitrogens with one attached hydrogen (secondary N) is 1. The SMILES string of the molecule is COc1ccccc1C(=O)NCCc1nc2ccccc2n1CCCCOc1ccc(Cl)c(C)c1. The van der Waals surface area contributed by atoms with Gasteiger partial charge in [0.1, 0.15) is 17.3 Å². The molecule has 35 heavy (non-hydrogen) atoms. The first-order valence-corrected chi connectivity index (χ1v) is 12.2. The van der Waals surface area contributed by atoms with Gasteiger partial charge < -0.3 is 19.4 Å². The summed E-state index contributed by atoms with van der Waals surface area (Å²) in [4.78, 5) is 17.5. The van der Waals surface area contributed by atoms with Gasteiger partial charge in [-0.3, -0.25) is 4.79 Å². The molecular formula is C28H30ClN3O3. The van der Waals surface area contributed by atoms with Crippen LogP contribution >= 0.6 is 11.6 Å². The number of fused-ring (bicyclic) bond motifs is 1. The molecule has 0 aliphatic rings. The van der Waals surface area contributed by atoms with Crippen LogP contribution in [0.25, 0.3) is 11.0 Å². The minimum absolute atomic E-state index is 0.153. The summed E-state index contributed by atoms with van der Waals surface area (Å²) >= 11 is 6.09. The number of aryl methyl sites for hydroxylation is 2. The Morgan fingerprint density at radius 1 is 1.06 bits per heavy atom. The number of carbonyl (C=O) groups is 1. The number of halogens is 1. The summed E-state index contributed by atoms with van der Waals surface area (Å²) in [6.45, 7) is 3.93. The van der Waals surface area contributed by atoms with Crippen molar-refractivity contribution in [1.82, 2.24) is 14.9 Å². The molecule has 0 radical (unpaired) electrons. The lowest BCUT2D eigenvalue weighted by Crippen LogP contribution is -2.27. The molecule has 6 nitrogen and oxygen atoms in total. The third-order valence-electron chi connectivity index (χ3n) is 5.89. The Labute approximate surface area is 210 Å². The average Bonchev–Trinajstić information content (AvgIpc) is 3.23. The van der Waals surface area contributed by atoms with Crippen LogP contribution in [0.5, 0.6) is 11.5 Å². The Kier molecular flexibility index (Phi) is 8.27. The van der Waals surface area contributed by atoms with Crippen LogP contribution in [0.3, 0.4) is 0 Å². The fourth-order valence-electron chi connectivity index (χ4n) is 4.05. The number of imidazole rings is 1. The van der Waals surface area contributed by atoms with Gasteiger partial charge in [-0.1, -0.05) is 35.9 Å². The summed E-state index contributed by atoms with van der Waals surface area (Å²) in [5.74, 6) is 2.21. The Balaban J connectivity index is 1.34. The van der Waals surface area contributed by atoms with E-state index in [1.807, 2.05) is 55.5 Å². The van der Waals surface area contributed by atoms with Gasteiger partial charge in [0.25, 0.3) is 5.91 Å². The molecule has 0 spiro atoms. The van der Waals surface area contributed by atoms with Gasteiger partial charge in [0.15, 0.2) is 0 Å². The van der Waals surface area contributed by atoms with Crippen molar-refractivity contribution >= 4 is 28.5 Å². The third kappa shape index (κ3) is 6.14. The van der Waals surface area contributed by atoms with Crippen LogP contribution in [-0.2, 0) is 13.0 Å². The molecular weight excluding hydrogens is 462 g/mol. The van der Waals surface area contributed by atoms with Crippen molar-refractivity contribution in [1.29, 1.82) is 0 Å². The van der Waals surface area contributed by atoms with Crippen molar-refractivity contribution < 1.29 is 14.3 Å². The second-order valence-electron chi connectivity index (χ2n) is 8.34. The molecule has 1 heterocycles. The molecule has 4 rings (SSSR count). The van der Waals surface area contributed by atoms with E-state index < -0.39 is 0 Å². The molecule has 0 saturated heterocycles. The molecule has 4 aromatic rings. The number of methoxy groups -OCH3 is 1. The van der Waals surface area contributed by atoms with E-state index in [2.05, 4.69) is 16.0 Å². The van der Waals surface area contributed by atoms with Gasteiger partial charge in [-0.05, 0) is 67.8 Å². The lowest BCUT2D eigenvalue weighted by Gasteiger charge is -2.12. The number of para-hydroxylation sites is 3. The quantitative estimate of drug-likeness (QED) is 0.268. The van der Waals surface area contributed by atoms with E-state index in [1.54, 1.807) is 19.2 Å². The monoisotopic (exact) mass is 491 g/mol. The van der Waals surface area contributed by atoms with Gasteiger partial charge in [0.05, 0.1) is 30.3 Å². The molecule has 0 unspecified atom stereocenters. The number of rotatable bonds is 11. The van der Waals surface area contributed by atoms with Crippen molar-refractivity contribution in [3.05, 3.63) is 88.7 Å². The first kappa shape index (κ1) is 24.6. The number of ether oxygens (including phenoxy) is 2. The fraction of sp³-hybridized carbons (Fsp3) is 0.286. The van der Waals surface area contributed by atoms with Crippen molar-refractivity contribution in [2.45, 2.75) is 32.7 Å². The molecule has 0 saturated carbocycles. The number of unbranched alkanes of at least 4 members (excludes halogenated alkanes) is 1. The molecule has 0 atom stereocenters. The van der Waals surface area contributed by atoms with E-state index in [0.717, 1.165) is 52.6 Å². The molecule has 3 aromatic carbocycles. The van der Waals surface area contributed by atoms with Crippen LogP contribution in [-0.4, -0.2) is 35.7 Å².